The Morgan fingerprint density at radius 3 is 2.53 bits per heavy atom. The van der Waals surface area contributed by atoms with Gasteiger partial charge in [0.15, 0.2) is 0 Å². The van der Waals surface area contributed by atoms with Gasteiger partial charge in [-0.2, -0.15) is 5.21 Å². The van der Waals surface area contributed by atoms with Crippen LogP contribution in [0.5, 0.6) is 0 Å². The lowest BCUT2D eigenvalue weighted by molar-refractivity contribution is -1.09. The molecule has 0 radical (unpaired) electrons. The Kier molecular flexibility index (Phi) is 11.0. The molecule has 6 heteroatoms. The van der Waals surface area contributed by atoms with Gasteiger partial charge >= 0.3 is 0 Å². The number of methoxy groups -OCH3 is 1. The van der Waals surface area contributed by atoms with Crippen molar-refractivity contribution >= 4 is 0 Å². The maximum absolute atomic E-state index is 9.66. The summed E-state index contributed by atoms with van der Waals surface area (Å²) >= 11 is 0. The molecule has 114 valence electrons. The van der Waals surface area contributed by atoms with Crippen LogP contribution >= 0.6 is 0 Å². The number of hydroxylamine groups is 1. The first-order chi connectivity index (χ1) is 9.01. The lowest BCUT2D eigenvalue weighted by Crippen LogP contribution is -3.13. The van der Waals surface area contributed by atoms with E-state index in [0.717, 1.165) is 19.3 Å². The fourth-order valence-electron chi connectivity index (χ4n) is 1.62. The van der Waals surface area contributed by atoms with Crippen LogP contribution in [-0.2, 0) is 4.74 Å². The Morgan fingerprint density at radius 1 is 1.32 bits per heavy atom. The van der Waals surface area contributed by atoms with Gasteiger partial charge in [0.1, 0.15) is 12.2 Å². The van der Waals surface area contributed by atoms with E-state index >= 15 is 0 Å². The molecule has 0 aromatic heterocycles. The number of quaternary nitrogens is 1. The van der Waals surface area contributed by atoms with Gasteiger partial charge < -0.3 is 14.9 Å². The summed E-state index contributed by atoms with van der Waals surface area (Å²) in [5.74, 6) is 0. The first-order valence-electron chi connectivity index (χ1n) is 6.87. The molecule has 6 nitrogen and oxygen atoms in total. The van der Waals surface area contributed by atoms with Crippen LogP contribution in [0.4, 0.5) is 0 Å². The lowest BCUT2D eigenvalue weighted by atomic mass is 10.1. The minimum atomic E-state index is -0.648. The molecule has 5 N–H and O–H groups in total. The zero-order valence-corrected chi connectivity index (χ0v) is 12.2. The van der Waals surface area contributed by atoms with Gasteiger partial charge in [-0.05, 0) is 13.3 Å². The van der Waals surface area contributed by atoms with Crippen molar-refractivity contribution in [2.24, 2.45) is 0 Å². The number of rotatable bonds is 11. The second-order valence-electron chi connectivity index (χ2n) is 4.75. The summed E-state index contributed by atoms with van der Waals surface area (Å²) in [6.45, 7) is 4.01. The summed E-state index contributed by atoms with van der Waals surface area (Å²) in [6, 6.07) is -0.383. The van der Waals surface area contributed by atoms with Gasteiger partial charge in [0.25, 0.3) is 0 Å². The number of hydrogen-bond acceptors (Lipinski definition) is 5. The maximum Gasteiger partial charge on any atom is 0.145 e. The van der Waals surface area contributed by atoms with E-state index in [1.54, 1.807) is 13.0 Å². The van der Waals surface area contributed by atoms with E-state index in [2.05, 4.69) is 12.3 Å². The van der Waals surface area contributed by atoms with E-state index in [1.165, 1.54) is 13.3 Å². The second kappa shape index (κ2) is 11.3. The Morgan fingerprint density at radius 2 is 2.00 bits per heavy atom. The van der Waals surface area contributed by atoms with Crippen molar-refractivity contribution in [2.75, 3.05) is 13.7 Å². The van der Waals surface area contributed by atoms with Crippen molar-refractivity contribution < 1.29 is 25.3 Å². The van der Waals surface area contributed by atoms with Crippen molar-refractivity contribution in [3.8, 4) is 0 Å². The fraction of sp³-hybridized carbons (Fsp3) is 0.846. The molecule has 0 aliphatic carbocycles. The molecule has 0 fully saturated rings. The van der Waals surface area contributed by atoms with Gasteiger partial charge in [-0.1, -0.05) is 31.4 Å². The number of hydrogen-bond donors (Lipinski definition) is 5. The van der Waals surface area contributed by atoms with Crippen molar-refractivity contribution in [3.63, 3.8) is 0 Å². The predicted octanol–water partition coefficient (Wildman–Crippen LogP) is -0.384. The van der Waals surface area contributed by atoms with Crippen molar-refractivity contribution in [2.45, 2.75) is 57.8 Å². The highest BCUT2D eigenvalue weighted by Crippen LogP contribution is 2.03. The summed E-state index contributed by atoms with van der Waals surface area (Å²) in [7, 11) is 1.53. The number of aliphatic hydroxyl groups is 2. The highest BCUT2D eigenvalue weighted by Gasteiger charge is 2.19. The van der Waals surface area contributed by atoms with Crippen LogP contribution in [0.3, 0.4) is 0 Å². The highest BCUT2D eigenvalue weighted by molar-refractivity contribution is 4.81. The largest absolute Gasteiger partial charge is 0.391 e. The Labute approximate surface area is 115 Å². The van der Waals surface area contributed by atoms with E-state index < -0.39 is 12.2 Å². The van der Waals surface area contributed by atoms with E-state index in [0.29, 0.717) is 6.42 Å². The Balaban J connectivity index is 4.02. The maximum atomic E-state index is 9.66. The average Bonchev–Trinajstić information content (AvgIpc) is 2.36. The smallest absolute Gasteiger partial charge is 0.145 e. The standard InChI is InChI=1S/C13H28N2O4/c1-4-5-6-7-12(17)8-9-15(18)14-13(10-19-3)11(2)16/h8-9,11-14,16-18H,4-7,10H2,1-3H3/p+1. The van der Waals surface area contributed by atoms with Gasteiger partial charge in [-0.15, -0.1) is 5.43 Å². The van der Waals surface area contributed by atoms with E-state index in [4.69, 9.17) is 4.74 Å². The topological polar surface area (TPSA) is 86.4 Å². The second-order valence-corrected chi connectivity index (χ2v) is 4.75. The van der Waals surface area contributed by atoms with Crippen LogP contribution in [0, 0.1) is 0 Å². The quantitative estimate of drug-likeness (QED) is 0.262. The molecule has 0 saturated carbocycles. The molecule has 0 aliphatic rings. The zero-order chi connectivity index (χ0) is 14.7. The molecule has 0 amide bonds. The number of aliphatic hydroxyl groups excluding tert-OH is 2. The van der Waals surface area contributed by atoms with Crippen molar-refractivity contribution in [3.05, 3.63) is 12.3 Å². The third-order valence-electron chi connectivity index (χ3n) is 2.84. The number of unbranched alkanes of at least 4 members (excludes halogenated alkanes) is 2. The van der Waals surface area contributed by atoms with Gasteiger partial charge in [-0.3, -0.25) is 0 Å². The lowest BCUT2D eigenvalue weighted by Gasteiger charge is -2.20. The molecule has 0 aliphatic heterocycles. The first kappa shape index (κ1) is 18.5. The molecular formula is C13H29N2O4+. The highest BCUT2D eigenvalue weighted by atomic mass is 16.5. The Bertz CT molecular complexity index is 237. The molecule has 0 saturated heterocycles. The molecule has 4 atom stereocenters. The SMILES string of the molecule is CCCCCC(O)C=C[NH+](O)NC(COC)C(C)O. The van der Waals surface area contributed by atoms with Crippen LogP contribution < -0.4 is 10.6 Å². The molecule has 19 heavy (non-hydrogen) atoms. The average molecular weight is 277 g/mol. The molecule has 0 bridgehead atoms. The van der Waals surface area contributed by atoms with Crippen LogP contribution in [0.1, 0.15) is 39.5 Å². The van der Waals surface area contributed by atoms with Crippen LogP contribution in [0.15, 0.2) is 12.3 Å². The van der Waals surface area contributed by atoms with Gasteiger partial charge in [0.2, 0.25) is 0 Å². The summed E-state index contributed by atoms with van der Waals surface area (Å²) in [4.78, 5) is 0. The van der Waals surface area contributed by atoms with Gasteiger partial charge in [0, 0.05) is 13.2 Å². The fourth-order valence-corrected chi connectivity index (χ4v) is 1.62. The first-order valence-corrected chi connectivity index (χ1v) is 6.87. The summed E-state index contributed by atoms with van der Waals surface area (Å²) in [5.41, 5.74) is 2.74. The summed E-state index contributed by atoms with van der Waals surface area (Å²) in [6.07, 6.45) is 5.63. The zero-order valence-electron chi connectivity index (χ0n) is 12.2. The van der Waals surface area contributed by atoms with Crippen LogP contribution in [-0.4, -0.2) is 47.4 Å². The molecule has 0 heterocycles. The normalized spacial score (nSPS) is 18.4. The molecule has 4 unspecified atom stereocenters. The molecule has 0 rings (SSSR count). The van der Waals surface area contributed by atoms with E-state index in [9.17, 15) is 15.4 Å². The molecule has 0 spiro atoms. The summed E-state index contributed by atoms with van der Waals surface area (Å²) < 4.78 is 4.94. The van der Waals surface area contributed by atoms with Gasteiger partial charge in [0.05, 0.1) is 18.8 Å². The predicted molar refractivity (Wildman–Crippen MR) is 72.5 cm³/mol. The minimum absolute atomic E-state index is 0.0857. The van der Waals surface area contributed by atoms with Crippen molar-refractivity contribution in [1.82, 2.24) is 5.43 Å². The summed E-state index contributed by atoms with van der Waals surface area (Å²) in [5, 5.41) is 28.7. The molecule has 0 aromatic carbocycles. The Hall–Kier alpha value is -0.500. The third kappa shape index (κ3) is 10.0. The van der Waals surface area contributed by atoms with Gasteiger partial charge in [-0.25, -0.2) is 0 Å². The number of nitrogens with one attached hydrogen (secondary N) is 2. The van der Waals surface area contributed by atoms with Crippen molar-refractivity contribution in [1.29, 1.82) is 0 Å². The van der Waals surface area contributed by atoms with E-state index in [-0.39, 0.29) is 17.8 Å². The van der Waals surface area contributed by atoms with Crippen LogP contribution in [0.25, 0.3) is 0 Å². The monoisotopic (exact) mass is 277 g/mol. The minimum Gasteiger partial charge on any atom is -0.391 e. The van der Waals surface area contributed by atoms with E-state index in [1.807, 2.05) is 0 Å². The molecule has 0 aromatic rings. The molecular weight excluding hydrogens is 248 g/mol. The third-order valence-corrected chi connectivity index (χ3v) is 2.84. The van der Waals surface area contributed by atoms with Crippen LogP contribution in [0.2, 0.25) is 0 Å². The number of ether oxygens (including phenoxy) is 1.